The summed E-state index contributed by atoms with van der Waals surface area (Å²) >= 11 is 0. The van der Waals surface area contributed by atoms with Gasteiger partial charge >= 0.3 is 0 Å². The lowest BCUT2D eigenvalue weighted by molar-refractivity contribution is -0.525. The van der Waals surface area contributed by atoms with Crippen LogP contribution in [0.5, 0.6) is 0 Å². The van der Waals surface area contributed by atoms with Gasteiger partial charge in [0.25, 0.3) is 5.89 Å². The van der Waals surface area contributed by atoms with Crippen molar-refractivity contribution in [3.05, 3.63) is 64.5 Å². The van der Waals surface area contributed by atoms with Crippen LogP contribution in [-0.4, -0.2) is 34.2 Å². The van der Waals surface area contributed by atoms with Gasteiger partial charge in [0.1, 0.15) is 0 Å². The first-order chi connectivity index (χ1) is 12.7. The van der Waals surface area contributed by atoms with Crippen molar-refractivity contribution in [1.82, 2.24) is 10.1 Å². The first-order valence-electron chi connectivity index (χ1n) is 8.60. The minimum Gasteiger partial charge on any atom is -0.364 e. The van der Waals surface area contributed by atoms with Crippen molar-refractivity contribution < 1.29 is 9.45 Å². The zero-order chi connectivity index (χ0) is 17.7. The molecule has 3 aliphatic heterocycles. The number of anilines is 1. The van der Waals surface area contributed by atoms with Gasteiger partial charge in [-0.25, -0.2) is 0 Å². The molecule has 0 saturated carbocycles. The van der Waals surface area contributed by atoms with E-state index in [1.807, 2.05) is 30.3 Å². The molecule has 1 saturated heterocycles. The van der Waals surface area contributed by atoms with E-state index in [1.54, 1.807) is 0 Å². The quantitative estimate of drug-likeness (QED) is 0.533. The van der Waals surface area contributed by atoms with E-state index in [9.17, 15) is 10.1 Å². The van der Waals surface area contributed by atoms with Crippen LogP contribution in [0.4, 0.5) is 5.69 Å². The molecule has 3 aromatic rings. The van der Waals surface area contributed by atoms with Crippen LogP contribution >= 0.6 is 0 Å². The number of hydrogen-bond donors (Lipinski definition) is 0. The Bertz CT molecular complexity index is 969. The van der Waals surface area contributed by atoms with Gasteiger partial charge in [-0.05, 0) is 35.7 Å². The third-order valence-corrected chi connectivity index (χ3v) is 5.45. The molecule has 0 amide bonds. The molecule has 3 aliphatic rings. The van der Waals surface area contributed by atoms with Crippen LogP contribution < -0.4 is 4.90 Å². The Balaban J connectivity index is 1.54. The standard InChI is InChI=1S/C19H16N4O3/c24-23(25)18-10-22-8-7-16(18)14-5-6-15(17(22)9-14)12-1-3-13(4-2-12)19-20-11-21-26-19/h1-6,9,11,16,18H,7-8,10H2. The highest BCUT2D eigenvalue weighted by atomic mass is 16.6. The Labute approximate surface area is 149 Å². The molecule has 26 heavy (non-hydrogen) atoms. The van der Waals surface area contributed by atoms with Crippen LogP contribution in [0.2, 0.25) is 0 Å². The number of nitro groups is 1. The summed E-state index contributed by atoms with van der Waals surface area (Å²) in [6, 6.07) is 13.7. The highest BCUT2D eigenvalue weighted by molar-refractivity contribution is 5.81. The third-order valence-electron chi connectivity index (χ3n) is 5.45. The van der Waals surface area contributed by atoms with E-state index >= 15 is 0 Å². The van der Waals surface area contributed by atoms with Crippen LogP contribution in [0.3, 0.4) is 0 Å². The third kappa shape index (κ3) is 2.28. The lowest BCUT2D eigenvalue weighted by atomic mass is 9.87. The molecule has 130 valence electrons. The Morgan fingerprint density at radius 2 is 1.96 bits per heavy atom. The second-order valence-corrected chi connectivity index (χ2v) is 6.79. The Morgan fingerprint density at radius 3 is 2.69 bits per heavy atom. The lowest BCUT2D eigenvalue weighted by Crippen LogP contribution is -2.45. The van der Waals surface area contributed by atoms with E-state index < -0.39 is 6.04 Å². The van der Waals surface area contributed by atoms with Gasteiger partial charge < -0.3 is 9.42 Å². The largest absolute Gasteiger partial charge is 0.364 e. The summed E-state index contributed by atoms with van der Waals surface area (Å²) < 4.78 is 5.09. The number of aromatic nitrogens is 2. The number of benzene rings is 2. The van der Waals surface area contributed by atoms with Crippen molar-refractivity contribution in [3.8, 4) is 22.6 Å². The first kappa shape index (κ1) is 15.1. The zero-order valence-electron chi connectivity index (χ0n) is 13.9. The summed E-state index contributed by atoms with van der Waals surface area (Å²) in [4.78, 5) is 17.6. The Morgan fingerprint density at radius 1 is 1.15 bits per heavy atom. The van der Waals surface area contributed by atoms with Crippen LogP contribution in [0.15, 0.2) is 53.3 Å². The predicted octanol–water partition coefficient (Wildman–Crippen LogP) is 3.36. The van der Waals surface area contributed by atoms with Crippen molar-refractivity contribution in [3.63, 3.8) is 0 Å². The maximum absolute atomic E-state index is 11.5. The first-order valence-corrected chi connectivity index (χ1v) is 8.60. The molecule has 2 unspecified atom stereocenters. The van der Waals surface area contributed by atoms with E-state index in [1.165, 1.54) is 6.33 Å². The van der Waals surface area contributed by atoms with Crippen LogP contribution in [0.25, 0.3) is 22.6 Å². The van der Waals surface area contributed by atoms with Gasteiger partial charge in [0.15, 0.2) is 6.33 Å². The SMILES string of the molecule is O=[N+]([O-])C1CN2CCC1c1ccc(-c3ccc(-c4ncno4)cc3)c2c1. The average molecular weight is 348 g/mol. The number of fused-ring (bicyclic) bond motifs is 2. The summed E-state index contributed by atoms with van der Waals surface area (Å²) in [5.74, 6) is 0.498. The Hall–Kier alpha value is -3.22. The molecule has 4 heterocycles. The molecule has 0 aliphatic carbocycles. The number of nitrogens with zero attached hydrogens (tertiary/aromatic N) is 4. The summed E-state index contributed by atoms with van der Waals surface area (Å²) in [5, 5.41) is 15.1. The number of piperidine rings is 1. The molecule has 7 heteroatoms. The molecule has 0 spiro atoms. The fourth-order valence-electron chi connectivity index (χ4n) is 4.13. The maximum Gasteiger partial charge on any atom is 0.257 e. The van der Waals surface area contributed by atoms with Gasteiger partial charge in [0.2, 0.25) is 6.04 Å². The van der Waals surface area contributed by atoms with E-state index in [-0.39, 0.29) is 10.8 Å². The molecular formula is C19H16N4O3. The van der Waals surface area contributed by atoms with Crippen molar-refractivity contribution >= 4 is 5.69 Å². The van der Waals surface area contributed by atoms with Gasteiger partial charge in [-0.3, -0.25) is 10.1 Å². The summed E-state index contributed by atoms with van der Waals surface area (Å²) in [6.07, 6.45) is 2.21. The fourth-order valence-corrected chi connectivity index (χ4v) is 4.13. The predicted molar refractivity (Wildman–Crippen MR) is 95.5 cm³/mol. The van der Waals surface area contributed by atoms with Gasteiger partial charge in [-0.15, -0.1) is 0 Å². The monoisotopic (exact) mass is 348 g/mol. The van der Waals surface area contributed by atoms with Gasteiger partial charge in [0, 0.05) is 28.3 Å². The molecule has 1 aromatic heterocycles. The summed E-state index contributed by atoms with van der Waals surface area (Å²) in [7, 11) is 0. The molecule has 2 atom stereocenters. The molecule has 0 radical (unpaired) electrons. The summed E-state index contributed by atoms with van der Waals surface area (Å²) in [6.45, 7) is 1.33. The molecular weight excluding hydrogens is 332 g/mol. The second kappa shape index (κ2) is 5.66. The molecule has 0 N–H and O–H groups in total. The van der Waals surface area contributed by atoms with E-state index in [4.69, 9.17) is 4.52 Å². The Kier molecular flexibility index (Phi) is 3.28. The van der Waals surface area contributed by atoms with Gasteiger partial charge in [0.05, 0.1) is 12.5 Å². The van der Waals surface area contributed by atoms with Gasteiger partial charge in [-0.1, -0.05) is 29.4 Å². The highest BCUT2D eigenvalue weighted by Gasteiger charge is 2.41. The number of rotatable bonds is 3. The van der Waals surface area contributed by atoms with E-state index in [0.717, 1.165) is 40.9 Å². The fraction of sp³-hybridized carbons (Fsp3) is 0.263. The second-order valence-electron chi connectivity index (χ2n) is 6.79. The van der Waals surface area contributed by atoms with E-state index in [0.29, 0.717) is 12.4 Å². The van der Waals surface area contributed by atoms with E-state index in [2.05, 4.69) is 27.2 Å². The maximum atomic E-state index is 11.5. The van der Waals surface area contributed by atoms with Crippen LogP contribution in [0.1, 0.15) is 17.9 Å². The zero-order valence-corrected chi connectivity index (χ0v) is 13.9. The molecule has 2 aromatic carbocycles. The minimum atomic E-state index is -0.531. The minimum absolute atomic E-state index is 0.0106. The van der Waals surface area contributed by atoms with Crippen molar-refractivity contribution in [2.45, 2.75) is 18.4 Å². The van der Waals surface area contributed by atoms with Crippen molar-refractivity contribution in [1.29, 1.82) is 0 Å². The molecule has 6 rings (SSSR count). The van der Waals surface area contributed by atoms with Gasteiger partial charge in [-0.2, -0.15) is 4.98 Å². The van der Waals surface area contributed by atoms with Crippen LogP contribution in [0, 0.1) is 10.1 Å². The smallest absolute Gasteiger partial charge is 0.257 e. The van der Waals surface area contributed by atoms with Crippen molar-refractivity contribution in [2.24, 2.45) is 0 Å². The topological polar surface area (TPSA) is 85.3 Å². The van der Waals surface area contributed by atoms with Crippen LogP contribution in [-0.2, 0) is 0 Å². The molecule has 7 nitrogen and oxygen atoms in total. The highest BCUT2D eigenvalue weighted by Crippen LogP contribution is 2.43. The lowest BCUT2D eigenvalue weighted by Gasteiger charge is -2.32. The molecule has 1 fully saturated rings. The van der Waals surface area contributed by atoms with Crippen molar-refractivity contribution in [2.75, 3.05) is 18.0 Å². The molecule has 4 bridgehead atoms. The average Bonchev–Trinajstić information content (AvgIpc) is 3.15. The number of hydrogen-bond acceptors (Lipinski definition) is 6. The summed E-state index contributed by atoms with van der Waals surface area (Å²) in [5.41, 5.74) is 5.18. The normalized spacial score (nSPS) is 20.8.